The second kappa shape index (κ2) is 5.14. The molecule has 5 nitrogen and oxygen atoms in total. The van der Waals surface area contributed by atoms with Crippen LogP contribution in [0.1, 0.15) is 5.69 Å². The summed E-state index contributed by atoms with van der Waals surface area (Å²) in [5.74, 6) is 0.606. The Hall–Kier alpha value is -1.07. The largest absolute Gasteiger partial charge is 0.394 e. The lowest BCUT2D eigenvalue weighted by Crippen LogP contribution is -2.21. The maximum Gasteiger partial charge on any atom is 0.224 e. The van der Waals surface area contributed by atoms with Gasteiger partial charge in [-0.1, -0.05) is 0 Å². The highest BCUT2D eigenvalue weighted by Gasteiger charge is 2.06. The molecule has 1 heterocycles. The summed E-state index contributed by atoms with van der Waals surface area (Å²) in [6, 6.07) is 0. The monoisotopic (exact) mass is 229 g/mol. The first-order chi connectivity index (χ1) is 7.00. The highest BCUT2D eigenvalue weighted by molar-refractivity contribution is 6.28. The third kappa shape index (κ3) is 3.53. The predicted molar refractivity (Wildman–Crippen MR) is 63.2 cm³/mol. The van der Waals surface area contributed by atoms with E-state index in [9.17, 15) is 0 Å². The zero-order valence-electron chi connectivity index (χ0n) is 9.21. The van der Waals surface area contributed by atoms with Crippen LogP contribution in [0.25, 0.3) is 0 Å². The number of hydrogen-bond donors (Lipinski definition) is 2. The average Bonchev–Trinajstić information content (AvgIpc) is 2.12. The Kier molecular flexibility index (Phi) is 4.11. The second-order valence-electron chi connectivity index (χ2n) is 3.57. The summed E-state index contributed by atoms with van der Waals surface area (Å²) in [5.41, 5.74) is 7.06. The molecule has 6 heteroatoms. The van der Waals surface area contributed by atoms with Gasteiger partial charge in [-0.05, 0) is 32.6 Å². The zero-order valence-corrected chi connectivity index (χ0v) is 9.97. The number of hydrogen-bond acceptors (Lipinski definition) is 5. The molecule has 3 N–H and O–H groups in total. The van der Waals surface area contributed by atoms with E-state index in [1.165, 1.54) is 0 Å². The first-order valence-corrected chi connectivity index (χ1v) is 5.06. The Labute approximate surface area is 94.6 Å². The summed E-state index contributed by atoms with van der Waals surface area (Å²) in [6.45, 7) is 3.48. The van der Waals surface area contributed by atoms with Crippen molar-refractivity contribution in [1.82, 2.24) is 14.9 Å². The zero-order chi connectivity index (χ0) is 11.4. The molecule has 1 aromatic rings. The van der Waals surface area contributed by atoms with E-state index in [1.54, 1.807) is 6.92 Å². The van der Waals surface area contributed by atoms with Crippen molar-refractivity contribution in [2.45, 2.75) is 6.92 Å². The first-order valence-electron chi connectivity index (χ1n) is 4.69. The van der Waals surface area contributed by atoms with Crippen LogP contribution in [0.3, 0.4) is 0 Å². The Morgan fingerprint density at radius 1 is 1.40 bits per heavy atom. The lowest BCUT2D eigenvalue weighted by molar-refractivity contribution is 0.425. The van der Waals surface area contributed by atoms with E-state index < -0.39 is 0 Å². The number of rotatable bonds is 4. The van der Waals surface area contributed by atoms with Gasteiger partial charge in [0.1, 0.15) is 0 Å². The van der Waals surface area contributed by atoms with Gasteiger partial charge in [-0.3, -0.25) is 0 Å². The molecule has 0 fully saturated rings. The lowest BCUT2D eigenvalue weighted by atomic mass is 10.3. The van der Waals surface area contributed by atoms with Crippen molar-refractivity contribution in [1.29, 1.82) is 0 Å². The molecule has 0 aliphatic carbocycles. The molecule has 1 aromatic heterocycles. The van der Waals surface area contributed by atoms with Gasteiger partial charge in [0.2, 0.25) is 5.28 Å². The minimum absolute atomic E-state index is 0.217. The fraction of sp³-hybridized carbons (Fsp3) is 0.556. The highest BCUT2D eigenvalue weighted by atomic mass is 35.5. The van der Waals surface area contributed by atoms with Crippen LogP contribution in [0, 0.1) is 6.92 Å². The molecule has 1 rings (SSSR count). The molecule has 84 valence electrons. The molecule has 0 saturated heterocycles. The Morgan fingerprint density at radius 3 is 2.67 bits per heavy atom. The molecule has 0 radical (unpaired) electrons. The Balaban J connectivity index is 2.68. The minimum Gasteiger partial charge on any atom is -0.394 e. The number of nitrogens with two attached hydrogens (primary N) is 1. The second-order valence-corrected chi connectivity index (χ2v) is 3.91. The summed E-state index contributed by atoms with van der Waals surface area (Å²) in [4.78, 5) is 10.1. The predicted octanol–water partition coefficient (Wildman–Crippen LogP) is 0.994. The molecule has 0 aliphatic heterocycles. The van der Waals surface area contributed by atoms with Gasteiger partial charge in [0.05, 0.1) is 11.4 Å². The van der Waals surface area contributed by atoms with Crippen LogP contribution in [-0.4, -0.2) is 42.1 Å². The number of likely N-dealkylation sites (N-methyl/N-ethyl adjacent to an activating group) is 1. The topological polar surface area (TPSA) is 67.1 Å². The van der Waals surface area contributed by atoms with Gasteiger partial charge in [0.25, 0.3) is 0 Å². The summed E-state index contributed by atoms with van der Waals surface area (Å²) in [7, 11) is 4.01. The van der Waals surface area contributed by atoms with Crippen molar-refractivity contribution >= 4 is 23.1 Å². The third-order valence-corrected chi connectivity index (χ3v) is 2.13. The number of nitrogens with one attached hydrogen (secondary N) is 1. The molecular weight excluding hydrogens is 214 g/mol. The van der Waals surface area contributed by atoms with Gasteiger partial charge in [0.15, 0.2) is 5.82 Å². The molecule has 0 spiro atoms. The minimum atomic E-state index is 0.217. The van der Waals surface area contributed by atoms with Crippen molar-refractivity contribution in [2.75, 3.05) is 38.2 Å². The Morgan fingerprint density at radius 2 is 2.07 bits per heavy atom. The molecule has 0 amide bonds. The number of nitrogen functional groups attached to an aromatic ring is 1. The van der Waals surface area contributed by atoms with Crippen LogP contribution in [0.4, 0.5) is 11.5 Å². The van der Waals surface area contributed by atoms with Gasteiger partial charge < -0.3 is 16.0 Å². The quantitative estimate of drug-likeness (QED) is 0.754. The van der Waals surface area contributed by atoms with E-state index in [-0.39, 0.29) is 5.28 Å². The molecule has 0 saturated carbocycles. The van der Waals surface area contributed by atoms with Crippen LogP contribution in [0.2, 0.25) is 5.28 Å². The SMILES string of the molecule is Cc1nc(Cl)nc(NCCN(C)C)c1N. The van der Waals surface area contributed by atoms with Crippen molar-refractivity contribution < 1.29 is 0 Å². The fourth-order valence-electron chi connectivity index (χ4n) is 1.08. The number of halogens is 1. The molecule has 15 heavy (non-hydrogen) atoms. The number of anilines is 2. The van der Waals surface area contributed by atoms with Crippen molar-refractivity contribution in [3.8, 4) is 0 Å². The molecule has 0 aromatic carbocycles. The normalized spacial score (nSPS) is 10.7. The number of nitrogens with zero attached hydrogens (tertiary/aromatic N) is 3. The van der Waals surface area contributed by atoms with Gasteiger partial charge in [-0.15, -0.1) is 0 Å². The molecule has 0 aliphatic rings. The highest BCUT2D eigenvalue weighted by Crippen LogP contribution is 2.19. The van der Waals surface area contributed by atoms with Gasteiger partial charge >= 0.3 is 0 Å². The van der Waals surface area contributed by atoms with Crippen LogP contribution in [0.5, 0.6) is 0 Å². The van der Waals surface area contributed by atoms with Crippen molar-refractivity contribution in [3.63, 3.8) is 0 Å². The molecule has 0 atom stereocenters. The first kappa shape index (κ1) is 12.0. The average molecular weight is 230 g/mol. The van der Waals surface area contributed by atoms with Gasteiger partial charge in [0, 0.05) is 13.1 Å². The van der Waals surface area contributed by atoms with E-state index in [2.05, 4.69) is 20.2 Å². The maximum atomic E-state index is 5.81. The summed E-state index contributed by atoms with van der Waals surface area (Å²) in [5, 5.41) is 3.34. The summed E-state index contributed by atoms with van der Waals surface area (Å²) < 4.78 is 0. The molecule has 0 unspecified atom stereocenters. The van der Waals surface area contributed by atoms with Crippen molar-refractivity contribution in [2.24, 2.45) is 0 Å². The van der Waals surface area contributed by atoms with Crippen LogP contribution < -0.4 is 11.1 Å². The summed E-state index contributed by atoms with van der Waals surface area (Å²) in [6.07, 6.45) is 0. The molecular formula is C9H16ClN5. The van der Waals surface area contributed by atoms with E-state index in [0.717, 1.165) is 13.1 Å². The fourth-order valence-corrected chi connectivity index (χ4v) is 1.29. The lowest BCUT2D eigenvalue weighted by Gasteiger charge is -2.12. The Bertz CT molecular complexity index is 340. The van der Waals surface area contributed by atoms with Crippen LogP contribution in [0.15, 0.2) is 0 Å². The van der Waals surface area contributed by atoms with E-state index >= 15 is 0 Å². The number of aromatic nitrogens is 2. The van der Waals surface area contributed by atoms with Crippen LogP contribution in [-0.2, 0) is 0 Å². The van der Waals surface area contributed by atoms with Crippen LogP contribution >= 0.6 is 11.6 Å². The third-order valence-electron chi connectivity index (χ3n) is 1.96. The van der Waals surface area contributed by atoms with Crippen molar-refractivity contribution in [3.05, 3.63) is 11.0 Å². The maximum absolute atomic E-state index is 5.81. The van der Waals surface area contributed by atoms with Gasteiger partial charge in [-0.2, -0.15) is 4.98 Å². The standard InChI is InChI=1S/C9H16ClN5/c1-6-7(11)8(14-9(10)13-6)12-4-5-15(2)3/h4-5,11H2,1-3H3,(H,12,13,14). The van der Waals surface area contributed by atoms with E-state index in [4.69, 9.17) is 17.3 Å². The van der Waals surface area contributed by atoms with Gasteiger partial charge in [-0.25, -0.2) is 4.98 Å². The van der Waals surface area contributed by atoms with E-state index in [0.29, 0.717) is 17.2 Å². The van der Waals surface area contributed by atoms with E-state index in [1.807, 2.05) is 14.1 Å². The molecule has 0 bridgehead atoms. The number of aryl methyl sites for hydroxylation is 1. The smallest absolute Gasteiger partial charge is 0.224 e. The summed E-state index contributed by atoms with van der Waals surface area (Å²) >= 11 is 5.74.